The first-order chi connectivity index (χ1) is 12.5. The molecule has 0 aliphatic carbocycles. The minimum Gasteiger partial charge on any atom is -0.484 e. The lowest BCUT2D eigenvalue weighted by atomic mass is 10.1. The summed E-state index contributed by atoms with van der Waals surface area (Å²) in [6, 6.07) is 13.3. The van der Waals surface area contributed by atoms with Crippen molar-refractivity contribution in [1.82, 2.24) is 5.32 Å². The van der Waals surface area contributed by atoms with Crippen LogP contribution in [0.2, 0.25) is 10.0 Å². The number of carbonyl (C=O) groups excluding carboxylic acids is 2. The summed E-state index contributed by atoms with van der Waals surface area (Å²) in [6.07, 6.45) is 0.332. The summed E-state index contributed by atoms with van der Waals surface area (Å²) in [7, 11) is 0. The molecule has 0 saturated heterocycles. The number of esters is 1. The van der Waals surface area contributed by atoms with Crippen LogP contribution in [0.3, 0.4) is 0 Å². The highest BCUT2D eigenvalue weighted by Gasteiger charge is 2.22. The Bertz CT molecular complexity index is 752. The lowest BCUT2D eigenvalue weighted by molar-refractivity contribution is -0.147. The van der Waals surface area contributed by atoms with Crippen LogP contribution in [-0.4, -0.2) is 31.1 Å². The Balaban J connectivity index is 1.96. The molecule has 0 heterocycles. The number of hydrogen-bond acceptors (Lipinski definition) is 4. The largest absolute Gasteiger partial charge is 0.484 e. The van der Waals surface area contributed by atoms with Crippen LogP contribution >= 0.6 is 23.2 Å². The van der Waals surface area contributed by atoms with Gasteiger partial charge in [-0.15, -0.1) is 0 Å². The number of hydrogen-bond donors (Lipinski definition) is 1. The fourth-order valence-corrected chi connectivity index (χ4v) is 2.53. The van der Waals surface area contributed by atoms with Gasteiger partial charge in [0.2, 0.25) is 0 Å². The first-order valence-corrected chi connectivity index (χ1v) is 8.83. The quantitative estimate of drug-likeness (QED) is 0.692. The maximum atomic E-state index is 12.2. The normalized spacial score (nSPS) is 11.5. The maximum Gasteiger partial charge on any atom is 0.328 e. The number of rotatable bonds is 8. The van der Waals surface area contributed by atoms with Gasteiger partial charge in [0.1, 0.15) is 11.8 Å². The molecule has 1 atom stereocenters. The molecular formula is C19H19Cl2NO4. The molecule has 7 heteroatoms. The van der Waals surface area contributed by atoms with Crippen molar-refractivity contribution in [3.05, 3.63) is 64.1 Å². The second-order valence-electron chi connectivity index (χ2n) is 5.43. The number of nitrogens with one attached hydrogen (secondary N) is 1. The molecule has 0 aliphatic rings. The van der Waals surface area contributed by atoms with Crippen molar-refractivity contribution in [1.29, 1.82) is 0 Å². The van der Waals surface area contributed by atoms with Crippen LogP contribution in [0.15, 0.2) is 48.5 Å². The lowest BCUT2D eigenvalue weighted by Gasteiger charge is -2.17. The molecule has 1 amide bonds. The van der Waals surface area contributed by atoms with Crippen molar-refractivity contribution < 1.29 is 19.1 Å². The summed E-state index contributed by atoms with van der Waals surface area (Å²) in [5, 5.41) is 3.38. The standard InChI is InChI=1S/C19H19Cl2NO4/c1-2-25-19(24)17(10-13-6-4-3-5-7-13)22-18(23)12-26-14-8-9-15(20)16(21)11-14/h3-9,11,17H,2,10,12H2,1H3,(H,22,23). The van der Waals surface area contributed by atoms with Crippen molar-refractivity contribution in [3.63, 3.8) is 0 Å². The van der Waals surface area contributed by atoms with E-state index in [0.717, 1.165) is 5.56 Å². The van der Waals surface area contributed by atoms with Gasteiger partial charge >= 0.3 is 5.97 Å². The van der Waals surface area contributed by atoms with E-state index in [1.165, 1.54) is 6.07 Å². The Hall–Kier alpha value is -2.24. The van der Waals surface area contributed by atoms with Crippen LogP contribution in [0.1, 0.15) is 12.5 Å². The third-order valence-electron chi connectivity index (χ3n) is 3.45. The molecule has 0 radical (unpaired) electrons. The second kappa shape index (κ2) is 10.0. The van der Waals surface area contributed by atoms with Gasteiger partial charge in [0, 0.05) is 12.5 Å². The zero-order valence-corrected chi connectivity index (χ0v) is 15.7. The fourth-order valence-electron chi connectivity index (χ4n) is 2.24. The highest BCUT2D eigenvalue weighted by Crippen LogP contribution is 2.26. The molecule has 0 spiro atoms. The number of amides is 1. The molecule has 2 rings (SSSR count). The molecule has 0 saturated carbocycles. The summed E-state index contributed by atoms with van der Waals surface area (Å²) < 4.78 is 10.4. The highest BCUT2D eigenvalue weighted by atomic mass is 35.5. The van der Waals surface area contributed by atoms with E-state index in [2.05, 4.69) is 5.32 Å². The van der Waals surface area contributed by atoms with Crippen LogP contribution in [-0.2, 0) is 20.7 Å². The molecule has 2 aromatic carbocycles. The third kappa shape index (κ3) is 6.24. The number of carbonyl (C=O) groups is 2. The van der Waals surface area contributed by atoms with Crippen LogP contribution in [0.5, 0.6) is 5.75 Å². The van der Waals surface area contributed by atoms with Gasteiger partial charge in [-0.2, -0.15) is 0 Å². The molecule has 0 bridgehead atoms. The Kier molecular flexibility index (Phi) is 7.75. The van der Waals surface area contributed by atoms with E-state index in [4.69, 9.17) is 32.7 Å². The first-order valence-electron chi connectivity index (χ1n) is 8.07. The Morgan fingerprint density at radius 3 is 2.46 bits per heavy atom. The summed E-state index contributed by atoms with van der Waals surface area (Å²) in [5.74, 6) is -0.519. The van der Waals surface area contributed by atoms with E-state index in [9.17, 15) is 9.59 Å². The molecule has 0 aliphatic heterocycles. The molecule has 1 unspecified atom stereocenters. The van der Waals surface area contributed by atoms with Crippen molar-refractivity contribution in [2.45, 2.75) is 19.4 Å². The zero-order chi connectivity index (χ0) is 18.9. The van der Waals surface area contributed by atoms with E-state index >= 15 is 0 Å². The second-order valence-corrected chi connectivity index (χ2v) is 6.24. The SMILES string of the molecule is CCOC(=O)C(Cc1ccccc1)NC(=O)COc1ccc(Cl)c(Cl)c1. The first kappa shape index (κ1) is 20.1. The molecule has 1 N–H and O–H groups in total. The van der Waals surface area contributed by atoms with Gasteiger partial charge in [-0.1, -0.05) is 53.5 Å². The Labute approximate surface area is 162 Å². The van der Waals surface area contributed by atoms with Gasteiger partial charge in [0.05, 0.1) is 16.7 Å². The van der Waals surface area contributed by atoms with Crippen LogP contribution in [0.25, 0.3) is 0 Å². The Morgan fingerprint density at radius 1 is 1.08 bits per heavy atom. The van der Waals surface area contributed by atoms with Crippen molar-refractivity contribution in [3.8, 4) is 5.75 Å². The van der Waals surface area contributed by atoms with Crippen LogP contribution in [0.4, 0.5) is 0 Å². The van der Waals surface area contributed by atoms with E-state index in [0.29, 0.717) is 22.2 Å². The van der Waals surface area contributed by atoms with E-state index < -0.39 is 17.9 Å². The summed E-state index contributed by atoms with van der Waals surface area (Å²) in [5.41, 5.74) is 0.913. The van der Waals surface area contributed by atoms with Crippen molar-refractivity contribution >= 4 is 35.1 Å². The predicted octanol–water partition coefficient (Wildman–Crippen LogP) is 3.66. The maximum absolute atomic E-state index is 12.2. The van der Waals surface area contributed by atoms with E-state index in [-0.39, 0.29) is 13.2 Å². The molecule has 0 aromatic heterocycles. The minimum atomic E-state index is -0.790. The van der Waals surface area contributed by atoms with Gasteiger partial charge in [0.25, 0.3) is 5.91 Å². The van der Waals surface area contributed by atoms with Crippen molar-refractivity contribution in [2.75, 3.05) is 13.2 Å². The average molecular weight is 396 g/mol. The van der Waals surface area contributed by atoms with Gasteiger partial charge in [-0.25, -0.2) is 4.79 Å². The zero-order valence-electron chi connectivity index (χ0n) is 14.2. The monoisotopic (exact) mass is 395 g/mol. The number of halogens is 2. The van der Waals surface area contributed by atoms with Gasteiger partial charge in [-0.05, 0) is 24.6 Å². The van der Waals surface area contributed by atoms with Crippen LogP contribution < -0.4 is 10.1 Å². The Morgan fingerprint density at radius 2 is 1.81 bits per heavy atom. The fraction of sp³-hybridized carbons (Fsp3) is 0.263. The molecule has 0 fully saturated rings. The molecular weight excluding hydrogens is 377 g/mol. The third-order valence-corrected chi connectivity index (χ3v) is 4.19. The van der Waals surface area contributed by atoms with Gasteiger partial charge < -0.3 is 14.8 Å². The van der Waals surface area contributed by atoms with Crippen molar-refractivity contribution in [2.24, 2.45) is 0 Å². The molecule has 26 heavy (non-hydrogen) atoms. The minimum absolute atomic E-state index is 0.236. The smallest absolute Gasteiger partial charge is 0.328 e. The molecule has 5 nitrogen and oxygen atoms in total. The molecule has 138 valence electrons. The number of benzene rings is 2. The average Bonchev–Trinajstić information content (AvgIpc) is 2.63. The van der Waals surface area contributed by atoms with E-state index in [1.807, 2.05) is 30.3 Å². The topological polar surface area (TPSA) is 64.6 Å². The molecule has 2 aromatic rings. The summed E-state index contributed by atoms with van der Waals surface area (Å²) >= 11 is 11.7. The summed E-state index contributed by atoms with van der Waals surface area (Å²) in [4.78, 5) is 24.3. The lowest BCUT2D eigenvalue weighted by Crippen LogP contribution is -2.45. The van der Waals surface area contributed by atoms with Gasteiger partial charge in [0.15, 0.2) is 6.61 Å². The highest BCUT2D eigenvalue weighted by molar-refractivity contribution is 6.42. The summed E-state index contributed by atoms with van der Waals surface area (Å²) in [6.45, 7) is 1.69. The number of ether oxygens (including phenoxy) is 2. The van der Waals surface area contributed by atoms with E-state index in [1.54, 1.807) is 19.1 Å². The van der Waals surface area contributed by atoms with Crippen LogP contribution in [0, 0.1) is 0 Å². The predicted molar refractivity (Wildman–Crippen MR) is 101 cm³/mol. The van der Waals surface area contributed by atoms with Gasteiger partial charge in [-0.3, -0.25) is 4.79 Å².